The third-order valence-electron chi connectivity index (χ3n) is 3.36. The molecule has 1 aliphatic rings. The van der Waals surface area contributed by atoms with Crippen LogP contribution < -0.4 is 4.90 Å². The number of rotatable bonds is 4. The molecule has 2 heterocycles. The molecule has 1 atom stereocenters. The van der Waals surface area contributed by atoms with E-state index < -0.39 is 0 Å². The summed E-state index contributed by atoms with van der Waals surface area (Å²) in [6, 6.07) is 2.02. The van der Waals surface area contributed by atoms with Gasteiger partial charge in [-0.1, -0.05) is 13.3 Å². The first-order chi connectivity index (χ1) is 7.85. The smallest absolute Gasteiger partial charge is 0.0597 e. The SMILES string of the molecule is CCCC1CCN(c2cnccc2CCl)C1. The second-order valence-electron chi connectivity index (χ2n) is 4.53. The molecule has 0 aliphatic carbocycles. The number of pyridine rings is 1. The monoisotopic (exact) mass is 238 g/mol. The summed E-state index contributed by atoms with van der Waals surface area (Å²) in [7, 11) is 0. The third-order valence-corrected chi connectivity index (χ3v) is 3.64. The van der Waals surface area contributed by atoms with Gasteiger partial charge in [0.25, 0.3) is 0 Å². The molecule has 16 heavy (non-hydrogen) atoms. The van der Waals surface area contributed by atoms with Crippen LogP contribution in [0, 0.1) is 5.92 Å². The third kappa shape index (κ3) is 2.49. The Bertz CT molecular complexity index is 340. The van der Waals surface area contributed by atoms with Gasteiger partial charge in [-0.2, -0.15) is 0 Å². The summed E-state index contributed by atoms with van der Waals surface area (Å²) in [5.74, 6) is 1.43. The molecule has 0 radical (unpaired) electrons. The molecule has 1 aromatic rings. The Kier molecular flexibility index (Phi) is 4.05. The lowest BCUT2D eigenvalue weighted by atomic mass is 10.0. The largest absolute Gasteiger partial charge is 0.370 e. The zero-order valence-electron chi connectivity index (χ0n) is 9.82. The quantitative estimate of drug-likeness (QED) is 0.747. The first-order valence-corrected chi connectivity index (χ1v) is 6.62. The first kappa shape index (κ1) is 11.7. The predicted octanol–water partition coefficient (Wildman–Crippen LogP) is 3.45. The van der Waals surface area contributed by atoms with Crippen molar-refractivity contribution in [2.24, 2.45) is 5.92 Å². The Morgan fingerprint density at radius 3 is 3.19 bits per heavy atom. The van der Waals surface area contributed by atoms with Crippen LogP contribution in [0.1, 0.15) is 31.7 Å². The van der Waals surface area contributed by atoms with Crippen LogP contribution in [-0.2, 0) is 5.88 Å². The minimum absolute atomic E-state index is 0.576. The molecule has 88 valence electrons. The fourth-order valence-electron chi connectivity index (χ4n) is 2.51. The van der Waals surface area contributed by atoms with E-state index in [9.17, 15) is 0 Å². The number of alkyl halides is 1. The lowest BCUT2D eigenvalue weighted by molar-refractivity contribution is 0.529. The summed E-state index contributed by atoms with van der Waals surface area (Å²) in [6.07, 6.45) is 7.71. The van der Waals surface area contributed by atoms with E-state index in [2.05, 4.69) is 16.8 Å². The van der Waals surface area contributed by atoms with Crippen molar-refractivity contribution in [2.45, 2.75) is 32.1 Å². The van der Waals surface area contributed by atoms with Crippen LogP contribution in [0.5, 0.6) is 0 Å². The highest BCUT2D eigenvalue weighted by atomic mass is 35.5. The number of aromatic nitrogens is 1. The van der Waals surface area contributed by atoms with Gasteiger partial charge in [-0.15, -0.1) is 11.6 Å². The van der Waals surface area contributed by atoms with Crippen molar-refractivity contribution in [2.75, 3.05) is 18.0 Å². The zero-order chi connectivity index (χ0) is 11.4. The molecular weight excluding hydrogens is 220 g/mol. The Labute approximate surface area is 103 Å². The van der Waals surface area contributed by atoms with Crippen LogP contribution in [0.3, 0.4) is 0 Å². The summed E-state index contributed by atoms with van der Waals surface area (Å²) >= 11 is 5.95. The summed E-state index contributed by atoms with van der Waals surface area (Å²) in [6.45, 7) is 4.58. The fourth-order valence-corrected chi connectivity index (χ4v) is 2.73. The first-order valence-electron chi connectivity index (χ1n) is 6.09. The van der Waals surface area contributed by atoms with Crippen LogP contribution in [0.2, 0.25) is 0 Å². The van der Waals surface area contributed by atoms with E-state index in [0.29, 0.717) is 5.88 Å². The molecule has 0 amide bonds. The number of anilines is 1. The van der Waals surface area contributed by atoms with Gasteiger partial charge in [0.2, 0.25) is 0 Å². The van der Waals surface area contributed by atoms with E-state index in [1.165, 1.54) is 37.1 Å². The van der Waals surface area contributed by atoms with E-state index in [1.807, 2.05) is 18.5 Å². The average Bonchev–Trinajstić information content (AvgIpc) is 2.78. The maximum absolute atomic E-state index is 5.95. The normalized spacial score (nSPS) is 20.4. The van der Waals surface area contributed by atoms with Crippen LogP contribution in [0.4, 0.5) is 5.69 Å². The van der Waals surface area contributed by atoms with Gasteiger partial charge in [-0.3, -0.25) is 4.98 Å². The molecule has 3 heteroatoms. The Morgan fingerprint density at radius 1 is 1.56 bits per heavy atom. The van der Waals surface area contributed by atoms with Crippen molar-refractivity contribution in [1.29, 1.82) is 0 Å². The molecule has 1 aliphatic heterocycles. The lowest BCUT2D eigenvalue weighted by Crippen LogP contribution is -2.21. The molecule has 0 spiro atoms. The lowest BCUT2D eigenvalue weighted by Gasteiger charge is -2.20. The second-order valence-corrected chi connectivity index (χ2v) is 4.79. The average molecular weight is 239 g/mol. The molecule has 0 bridgehead atoms. The molecular formula is C13H19ClN2. The molecule has 2 nitrogen and oxygen atoms in total. The van der Waals surface area contributed by atoms with Gasteiger partial charge < -0.3 is 4.90 Å². The highest BCUT2D eigenvalue weighted by molar-refractivity contribution is 6.17. The number of halogens is 1. The minimum Gasteiger partial charge on any atom is -0.370 e. The van der Waals surface area contributed by atoms with Crippen molar-refractivity contribution in [1.82, 2.24) is 4.98 Å². The molecule has 1 unspecified atom stereocenters. The number of nitrogens with zero attached hydrogens (tertiary/aromatic N) is 2. The maximum Gasteiger partial charge on any atom is 0.0597 e. The molecule has 0 N–H and O–H groups in total. The van der Waals surface area contributed by atoms with Crippen LogP contribution >= 0.6 is 11.6 Å². The maximum atomic E-state index is 5.95. The standard InChI is InChI=1S/C13H19ClN2/c1-2-3-11-5-7-16(10-11)13-9-15-6-4-12(13)8-14/h4,6,9,11H,2-3,5,7-8,10H2,1H3. The Morgan fingerprint density at radius 2 is 2.44 bits per heavy atom. The molecule has 0 aromatic carbocycles. The zero-order valence-corrected chi connectivity index (χ0v) is 10.6. The van der Waals surface area contributed by atoms with Crippen molar-refractivity contribution in [3.8, 4) is 0 Å². The van der Waals surface area contributed by atoms with E-state index in [0.717, 1.165) is 12.5 Å². The minimum atomic E-state index is 0.576. The summed E-state index contributed by atoms with van der Waals surface area (Å²) < 4.78 is 0. The van der Waals surface area contributed by atoms with Crippen molar-refractivity contribution < 1.29 is 0 Å². The highest BCUT2D eigenvalue weighted by Gasteiger charge is 2.23. The topological polar surface area (TPSA) is 16.1 Å². The van der Waals surface area contributed by atoms with Crippen LogP contribution in [0.15, 0.2) is 18.5 Å². The molecule has 0 saturated carbocycles. The van der Waals surface area contributed by atoms with Gasteiger partial charge in [0.15, 0.2) is 0 Å². The summed E-state index contributed by atoms with van der Waals surface area (Å²) in [5, 5.41) is 0. The predicted molar refractivity (Wildman–Crippen MR) is 69.0 cm³/mol. The van der Waals surface area contributed by atoms with Crippen molar-refractivity contribution >= 4 is 17.3 Å². The van der Waals surface area contributed by atoms with E-state index in [4.69, 9.17) is 11.6 Å². The number of hydrogen-bond acceptors (Lipinski definition) is 2. The van der Waals surface area contributed by atoms with E-state index >= 15 is 0 Å². The molecule has 1 aromatic heterocycles. The van der Waals surface area contributed by atoms with Crippen LogP contribution in [0.25, 0.3) is 0 Å². The van der Waals surface area contributed by atoms with Crippen molar-refractivity contribution in [3.05, 3.63) is 24.0 Å². The molecule has 1 saturated heterocycles. The summed E-state index contributed by atoms with van der Waals surface area (Å²) in [5.41, 5.74) is 2.44. The summed E-state index contributed by atoms with van der Waals surface area (Å²) in [4.78, 5) is 6.64. The Hall–Kier alpha value is -0.760. The van der Waals surface area contributed by atoms with Gasteiger partial charge >= 0.3 is 0 Å². The molecule has 2 rings (SSSR count). The fraction of sp³-hybridized carbons (Fsp3) is 0.615. The van der Waals surface area contributed by atoms with Gasteiger partial charge in [0.05, 0.1) is 11.9 Å². The van der Waals surface area contributed by atoms with Gasteiger partial charge in [-0.05, 0) is 30.4 Å². The molecule has 1 fully saturated rings. The Balaban J connectivity index is 2.08. The number of hydrogen-bond donors (Lipinski definition) is 0. The van der Waals surface area contributed by atoms with Gasteiger partial charge in [0, 0.05) is 25.2 Å². The van der Waals surface area contributed by atoms with Gasteiger partial charge in [-0.25, -0.2) is 0 Å². The van der Waals surface area contributed by atoms with Gasteiger partial charge in [0.1, 0.15) is 0 Å². The second kappa shape index (κ2) is 5.53. The highest BCUT2D eigenvalue weighted by Crippen LogP contribution is 2.29. The van der Waals surface area contributed by atoms with E-state index in [-0.39, 0.29) is 0 Å². The van der Waals surface area contributed by atoms with E-state index in [1.54, 1.807) is 0 Å². The van der Waals surface area contributed by atoms with Crippen LogP contribution in [-0.4, -0.2) is 18.1 Å². The van der Waals surface area contributed by atoms with Crippen molar-refractivity contribution in [3.63, 3.8) is 0 Å².